The van der Waals surface area contributed by atoms with Crippen LogP contribution in [-0.4, -0.2) is 15.9 Å². The Labute approximate surface area is 109 Å². The van der Waals surface area contributed by atoms with E-state index in [1.54, 1.807) is 6.20 Å². The van der Waals surface area contributed by atoms with E-state index < -0.39 is 0 Å². The van der Waals surface area contributed by atoms with Gasteiger partial charge in [-0.05, 0) is 12.5 Å². The van der Waals surface area contributed by atoms with Gasteiger partial charge in [-0.25, -0.2) is 0 Å². The standard InChI is InChI=1S/C13H12ClNOS/c1-2-7-17-13(16)10-8-15-11-6-4-3-5-9(11)12(10)14/h3-6,8H,2,7H2,1H3. The zero-order chi connectivity index (χ0) is 12.3. The van der Waals surface area contributed by atoms with E-state index in [0.717, 1.165) is 23.1 Å². The van der Waals surface area contributed by atoms with Crippen LogP contribution in [0.4, 0.5) is 0 Å². The maximum absolute atomic E-state index is 11.9. The fourth-order valence-electron chi connectivity index (χ4n) is 1.52. The summed E-state index contributed by atoms with van der Waals surface area (Å²) in [4.78, 5) is 16.2. The molecular formula is C13H12ClNOS. The zero-order valence-electron chi connectivity index (χ0n) is 9.44. The van der Waals surface area contributed by atoms with Crippen molar-refractivity contribution in [3.8, 4) is 0 Å². The molecule has 0 bridgehead atoms. The molecular weight excluding hydrogens is 254 g/mol. The van der Waals surface area contributed by atoms with Crippen LogP contribution in [0.2, 0.25) is 5.02 Å². The molecule has 2 rings (SSSR count). The first-order valence-electron chi connectivity index (χ1n) is 5.44. The Bertz CT molecular complexity index is 556. The molecule has 0 spiro atoms. The van der Waals surface area contributed by atoms with Gasteiger partial charge in [0, 0.05) is 17.3 Å². The van der Waals surface area contributed by atoms with E-state index in [0.29, 0.717) is 10.6 Å². The maximum atomic E-state index is 11.9. The maximum Gasteiger partial charge on any atom is 0.222 e. The van der Waals surface area contributed by atoms with Crippen molar-refractivity contribution >= 4 is 39.4 Å². The molecule has 0 atom stereocenters. The monoisotopic (exact) mass is 265 g/mol. The van der Waals surface area contributed by atoms with Crippen LogP contribution in [0.1, 0.15) is 23.7 Å². The minimum absolute atomic E-state index is 0.00453. The first-order chi connectivity index (χ1) is 8.24. The smallest absolute Gasteiger partial charge is 0.222 e. The van der Waals surface area contributed by atoms with Gasteiger partial charge in [0.25, 0.3) is 0 Å². The van der Waals surface area contributed by atoms with E-state index in [4.69, 9.17) is 11.6 Å². The van der Waals surface area contributed by atoms with E-state index in [1.807, 2.05) is 31.2 Å². The van der Waals surface area contributed by atoms with Gasteiger partial charge < -0.3 is 0 Å². The van der Waals surface area contributed by atoms with Crippen molar-refractivity contribution in [1.82, 2.24) is 4.98 Å². The molecule has 4 heteroatoms. The van der Waals surface area contributed by atoms with Crippen molar-refractivity contribution in [2.45, 2.75) is 13.3 Å². The van der Waals surface area contributed by atoms with Crippen molar-refractivity contribution in [2.75, 3.05) is 5.75 Å². The zero-order valence-corrected chi connectivity index (χ0v) is 11.0. The average molecular weight is 266 g/mol. The van der Waals surface area contributed by atoms with Gasteiger partial charge in [0.05, 0.1) is 16.1 Å². The molecule has 1 aromatic heterocycles. The number of hydrogen-bond donors (Lipinski definition) is 0. The van der Waals surface area contributed by atoms with Crippen molar-refractivity contribution in [1.29, 1.82) is 0 Å². The third-order valence-corrected chi connectivity index (χ3v) is 3.87. The number of halogens is 1. The van der Waals surface area contributed by atoms with Crippen molar-refractivity contribution in [2.24, 2.45) is 0 Å². The Morgan fingerprint density at radius 2 is 2.18 bits per heavy atom. The predicted molar refractivity (Wildman–Crippen MR) is 73.8 cm³/mol. The van der Waals surface area contributed by atoms with Crippen LogP contribution < -0.4 is 0 Å². The number of hydrogen-bond acceptors (Lipinski definition) is 3. The summed E-state index contributed by atoms with van der Waals surface area (Å²) >= 11 is 7.53. The summed E-state index contributed by atoms with van der Waals surface area (Å²) in [6.07, 6.45) is 2.53. The highest BCUT2D eigenvalue weighted by Crippen LogP contribution is 2.28. The molecule has 0 unspecified atom stereocenters. The van der Waals surface area contributed by atoms with Gasteiger partial charge in [-0.3, -0.25) is 9.78 Å². The van der Waals surface area contributed by atoms with Crippen LogP contribution in [-0.2, 0) is 0 Å². The molecule has 0 saturated heterocycles. The summed E-state index contributed by atoms with van der Waals surface area (Å²) in [6.45, 7) is 2.04. The SMILES string of the molecule is CCCSC(=O)c1cnc2ccccc2c1Cl. The highest BCUT2D eigenvalue weighted by Gasteiger charge is 2.13. The van der Waals surface area contributed by atoms with Gasteiger partial charge in [-0.2, -0.15) is 0 Å². The Balaban J connectivity index is 2.42. The van der Waals surface area contributed by atoms with Crippen LogP contribution in [0.25, 0.3) is 10.9 Å². The number of nitrogens with zero attached hydrogens (tertiary/aromatic N) is 1. The third-order valence-electron chi connectivity index (χ3n) is 2.37. The summed E-state index contributed by atoms with van der Waals surface area (Å²) < 4.78 is 0. The first kappa shape index (κ1) is 12.4. The van der Waals surface area contributed by atoms with E-state index in [9.17, 15) is 4.79 Å². The van der Waals surface area contributed by atoms with Crippen LogP contribution in [0.5, 0.6) is 0 Å². The van der Waals surface area contributed by atoms with Crippen LogP contribution in [0, 0.1) is 0 Å². The lowest BCUT2D eigenvalue weighted by molar-refractivity contribution is 0.108. The number of aromatic nitrogens is 1. The number of carbonyl (C=O) groups excluding carboxylic acids is 1. The molecule has 0 aliphatic heterocycles. The second-order valence-corrected chi connectivity index (χ2v) is 5.08. The van der Waals surface area contributed by atoms with Crippen LogP contribution in [0.15, 0.2) is 30.5 Å². The van der Waals surface area contributed by atoms with E-state index in [2.05, 4.69) is 4.98 Å². The van der Waals surface area contributed by atoms with Crippen LogP contribution >= 0.6 is 23.4 Å². The lowest BCUT2D eigenvalue weighted by Gasteiger charge is -2.05. The molecule has 0 fully saturated rings. The molecule has 0 saturated carbocycles. The number of thioether (sulfide) groups is 1. The minimum Gasteiger partial charge on any atom is -0.281 e. The van der Waals surface area contributed by atoms with E-state index >= 15 is 0 Å². The van der Waals surface area contributed by atoms with Gasteiger partial charge in [0.1, 0.15) is 0 Å². The number of carbonyl (C=O) groups is 1. The topological polar surface area (TPSA) is 30.0 Å². The quantitative estimate of drug-likeness (QED) is 0.834. The largest absolute Gasteiger partial charge is 0.281 e. The van der Waals surface area contributed by atoms with Crippen molar-refractivity contribution in [3.63, 3.8) is 0 Å². The van der Waals surface area contributed by atoms with Gasteiger partial charge in [-0.15, -0.1) is 0 Å². The minimum atomic E-state index is -0.00453. The number of fused-ring (bicyclic) bond motifs is 1. The lowest BCUT2D eigenvalue weighted by Crippen LogP contribution is -1.98. The fourth-order valence-corrected chi connectivity index (χ4v) is 2.57. The highest BCUT2D eigenvalue weighted by molar-refractivity contribution is 8.14. The lowest BCUT2D eigenvalue weighted by atomic mass is 10.2. The molecule has 1 heterocycles. The first-order valence-corrected chi connectivity index (χ1v) is 6.80. The van der Waals surface area contributed by atoms with Gasteiger partial charge in [0.2, 0.25) is 5.12 Å². The van der Waals surface area contributed by atoms with Crippen molar-refractivity contribution < 1.29 is 4.79 Å². The molecule has 0 N–H and O–H groups in total. The summed E-state index contributed by atoms with van der Waals surface area (Å²) in [5.74, 6) is 0.808. The predicted octanol–water partition coefficient (Wildman–Crippen LogP) is 4.17. The summed E-state index contributed by atoms with van der Waals surface area (Å²) in [7, 11) is 0. The normalized spacial score (nSPS) is 10.7. The molecule has 0 aliphatic rings. The third kappa shape index (κ3) is 2.61. The molecule has 17 heavy (non-hydrogen) atoms. The Morgan fingerprint density at radius 3 is 2.94 bits per heavy atom. The van der Waals surface area contributed by atoms with Crippen molar-refractivity contribution in [3.05, 3.63) is 41.0 Å². The molecule has 1 aromatic carbocycles. The molecule has 0 amide bonds. The molecule has 0 aliphatic carbocycles. The van der Waals surface area contributed by atoms with Gasteiger partial charge >= 0.3 is 0 Å². The molecule has 0 radical (unpaired) electrons. The number of para-hydroxylation sites is 1. The average Bonchev–Trinajstić information content (AvgIpc) is 2.37. The number of rotatable bonds is 3. The van der Waals surface area contributed by atoms with E-state index in [1.165, 1.54) is 11.8 Å². The second-order valence-electron chi connectivity index (χ2n) is 3.64. The van der Waals surface area contributed by atoms with Crippen LogP contribution in [0.3, 0.4) is 0 Å². The highest BCUT2D eigenvalue weighted by atomic mass is 35.5. The Kier molecular flexibility index (Phi) is 4.02. The Morgan fingerprint density at radius 1 is 1.41 bits per heavy atom. The number of benzene rings is 1. The fraction of sp³-hybridized carbons (Fsp3) is 0.231. The summed E-state index contributed by atoms with van der Waals surface area (Å²) in [5, 5.41) is 1.33. The summed E-state index contributed by atoms with van der Waals surface area (Å²) in [5.41, 5.74) is 1.32. The second kappa shape index (κ2) is 5.52. The number of pyridine rings is 1. The summed E-state index contributed by atoms with van der Waals surface area (Å²) in [6, 6.07) is 7.56. The van der Waals surface area contributed by atoms with Gasteiger partial charge in [-0.1, -0.05) is 48.5 Å². The van der Waals surface area contributed by atoms with Gasteiger partial charge in [0.15, 0.2) is 0 Å². The Hall–Kier alpha value is -1.06. The molecule has 2 nitrogen and oxygen atoms in total. The molecule has 88 valence electrons. The molecule has 2 aromatic rings. The van der Waals surface area contributed by atoms with E-state index in [-0.39, 0.29) is 5.12 Å².